The van der Waals surface area contributed by atoms with Crippen molar-refractivity contribution in [2.24, 2.45) is 0 Å². The molecule has 3 nitrogen and oxygen atoms in total. The minimum atomic E-state index is -3.35. The average molecular weight is 300 g/mol. The van der Waals surface area contributed by atoms with Crippen LogP contribution in [0.15, 0.2) is 42.5 Å². The van der Waals surface area contributed by atoms with Crippen LogP contribution in [0.3, 0.4) is 0 Å². The minimum absolute atomic E-state index is 0.347. The molecule has 0 unspecified atom stereocenters. The second-order valence-corrected chi connectivity index (χ2v) is 6.23. The predicted molar refractivity (Wildman–Crippen MR) is 75.3 cm³/mol. The van der Waals surface area contributed by atoms with Gasteiger partial charge in [0, 0.05) is 11.3 Å². The molecule has 2 aromatic carbocycles. The highest BCUT2D eigenvalue weighted by Gasteiger charge is 2.08. The lowest BCUT2D eigenvalue weighted by molar-refractivity contribution is 0.607. The molecule has 0 saturated carbocycles. The highest BCUT2D eigenvalue weighted by molar-refractivity contribution is 7.92. The van der Waals surface area contributed by atoms with Gasteiger partial charge < -0.3 is 0 Å². The molecule has 0 aliphatic rings. The lowest BCUT2D eigenvalue weighted by Crippen LogP contribution is -2.09. The maximum Gasteiger partial charge on any atom is 0.229 e. The Balaban J connectivity index is 2.40. The van der Waals surface area contributed by atoms with E-state index in [1.807, 2.05) is 0 Å². The fourth-order valence-corrected chi connectivity index (χ4v) is 2.53. The molecule has 2 aromatic rings. The third-order valence-corrected chi connectivity index (χ3v) is 3.33. The number of sulfonamides is 1. The van der Waals surface area contributed by atoms with Crippen LogP contribution in [0.1, 0.15) is 0 Å². The van der Waals surface area contributed by atoms with Gasteiger partial charge in [-0.25, -0.2) is 12.8 Å². The molecular weight excluding hydrogens is 289 g/mol. The smallest absolute Gasteiger partial charge is 0.229 e. The van der Waals surface area contributed by atoms with Crippen molar-refractivity contribution in [2.45, 2.75) is 0 Å². The Morgan fingerprint density at radius 2 is 1.89 bits per heavy atom. The molecule has 0 amide bonds. The molecule has 0 atom stereocenters. The van der Waals surface area contributed by atoms with Crippen LogP contribution >= 0.6 is 11.6 Å². The van der Waals surface area contributed by atoms with Crippen LogP contribution < -0.4 is 4.72 Å². The van der Waals surface area contributed by atoms with E-state index >= 15 is 0 Å². The number of rotatable bonds is 3. The van der Waals surface area contributed by atoms with E-state index in [2.05, 4.69) is 4.72 Å². The summed E-state index contributed by atoms with van der Waals surface area (Å²) in [5.74, 6) is -0.355. The third kappa shape index (κ3) is 3.68. The molecule has 0 radical (unpaired) electrons. The quantitative estimate of drug-likeness (QED) is 0.942. The van der Waals surface area contributed by atoms with Crippen LogP contribution in [-0.2, 0) is 10.0 Å². The van der Waals surface area contributed by atoms with E-state index in [1.165, 1.54) is 18.2 Å². The number of nitrogens with one attached hydrogen (secondary N) is 1. The molecule has 0 bridgehead atoms. The Labute approximate surface area is 116 Å². The third-order valence-electron chi connectivity index (χ3n) is 2.41. The lowest BCUT2D eigenvalue weighted by atomic mass is 10.1. The number of halogens is 2. The summed E-state index contributed by atoms with van der Waals surface area (Å²) >= 11 is 6.09. The summed E-state index contributed by atoms with van der Waals surface area (Å²) in [5.41, 5.74) is 1.64. The van der Waals surface area contributed by atoms with E-state index in [0.29, 0.717) is 21.8 Å². The fourth-order valence-electron chi connectivity index (χ4n) is 1.68. The molecule has 2 rings (SSSR count). The molecule has 0 saturated heterocycles. The van der Waals surface area contributed by atoms with Gasteiger partial charge >= 0.3 is 0 Å². The molecule has 1 N–H and O–H groups in total. The summed E-state index contributed by atoms with van der Waals surface area (Å²) in [5, 5.41) is 0.347. The standard InChI is InChI=1S/C13H11ClFNO2S/c1-19(17,18)16-11-5-6-12(13(14)8-11)9-3-2-4-10(15)7-9/h2-8,16H,1H3. The molecule has 6 heteroatoms. The largest absolute Gasteiger partial charge is 0.284 e. The molecule has 100 valence electrons. The van der Waals surface area contributed by atoms with Crippen molar-refractivity contribution in [1.29, 1.82) is 0 Å². The van der Waals surface area contributed by atoms with Gasteiger partial charge in [-0.1, -0.05) is 29.8 Å². The van der Waals surface area contributed by atoms with E-state index in [4.69, 9.17) is 11.6 Å². The van der Waals surface area contributed by atoms with Crippen molar-refractivity contribution < 1.29 is 12.8 Å². The Kier molecular flexibility index (Phi) is 3.78. The van der Waals surface area contributed by atoms with E-state index in [9.17, 15) is 12.8 Å². The van der Waals surface area contributed by atoms with Crippen LogP contribution in [0.25, 0.3) is 11.1 Å². The Morgan fingerprint density at radius 1 is 1.16 bits per heavy atom. The second kappa shape index (κ2) is 5.19. The maximum atomic E-state index is 13.2. The van der Waals surface area contributed by atoms with E-state index < -0.39 is 10.0 Å². The van der Waals surface area contributed by atoms with Crippen molar-refractivity contribution in [3.05, 3.63) is 53.3 Å². The molecule has 19 heavy (non-hydrogen) atoms. The van der Waals surface area contributed by atoms with Crippen molar-refractivity contribution in [3.8, 4) is 11.1 Å². The van der Waals surface area contributed by atoms with Gasteiger partial charge in [0.15, 0.2) is 0 Å². The van der Waals surface area contributed by atoms with Gasteiger partial charge in [-0.15, -0.1) is 0 Å². The second-order valence-electron chi connectivity index (χ2n) is 4.08. The first-order chi connectivity index (χ1) is 8.85. The van der Waals surface area contributed by atoms with E-state index in [0.717, 1.165) is 6.26 Å². The summed E-state index contributed by atoms with van der Waals surface area (Å²) in [6.45, 7) is 0. The summed E-state index contributed by atoms with van der Waals surface area (Å²) in [7, 11) is -3.35. The maximum absolute atomic E-state index is 13.2. The van der Waals surface area contributed by atoms with Crippen LogP contribution in [0, 0.1) is 5.82 Å². The minimum Gasteiger partial charge on any atom is -0.284 e. The zero-order valence-corrected chi connectivity index (χ0v) is 11.6. The van der Waals surface area contributed by atoms with Gasteiger partial charge in [-0.3, -0.25) is 4.72 Å². The van der Waals surface area contributed by atoms with Gasteiger partial charge in [0.05, 0.1) is 11.3 Å². The van der Waals surface area contributed by atoms with Gasteiger partial charge in [-0.05, 0) is 29.8 Å². The highest BCUT2D eigenvalue weighted by atomic mass is 35.5. The summed E-state index contributed by atoms with van der Waals surface area (Å²) in [6.07, 6.45) is 1.06. The Bertz CT molecular complexity index is 716. The zero-order valence-electron chi connectivity index (χ0n) is 10.0. The fraction of sp³-hybridized carbons (Fsp3) is 0.0769. The first-order valence-electron chi connectivity index (χ1n) is 5.38. The summed E-state index contributed by atoms with van der Waals surface area (Å²) < 4.78 is 37.7. The average Bonchev–Trinajstić information content (AvgIpc) is 2.26. The van der Waals surface area contributed by atoms with E-state index in [-0.39, 0.29) is 5.82 Å². The first-order valence-corrected chi connectivity index (χ1v) is 7.65. The van der Waals surface area contributed by atoms with Gasteiger partial charge in [0.25, 0.3) is 0 Å². The first kappa shape index (κ1) is 13.8. The lowest BCUT2D eigenvalue weighted by Gasteiger charge is -2.08. The number of hydrogen-bond donors (Lipinski definition) is 1. The predicted octanol–water partition coefficient (Wildman–Crippen LogP) is 3.52. The number of anilines is 1. The summed E-state index contributed by atoms with van der Waals surface area (Å²) in [6, 6.07) is 10.7. The van der Waals surface area contributed by atoms with Crippen LogP contribution in [0.5, 0.6) is 0 Å². The Morgan fingerprint density at radius 3 is 2.47 bits per heavy atom. The van der Waals surface area contributed by atoms with E-state index in [1.54, 1.807) is 24.3 Å². The van der Waals surface area contributed by atoms with Crippen LogP contribution in [0.4, 0.5) is 10.1 Å². The summed E-state index contributed by atoms with van der Waals surface area (Å²) in [4.78, 5) is 0. The van der Waals surface area contributed by atoms with Crippen molar-refractivity contribution >= 4 is 27.3 Å². The zero-order chi connectivity index (χ0) is 14.0. The topological polar surface area (TPSA) is 46.2 Å². The highest BCUT2D eigenvalue weighted by Crippen LogP contribution is 2.30. The van der Waals surface area contributed by atoms with Crippen LogP contribution in [0.2, 0.25) is 5.02 Å². The SMILES string of the molecule is CS(=O)(=O)Nc1ccc(-c2cccc(F)c2)c(Cl)c1. The van der Waals surface area contributed by atoms with Gasteiger partial charge in [-0.2, -0.15) is 0 Å². The van der Waals surface area contributed by atoms with Gasteiger partial charge in [0.1, 0.15) is 5.82 Å². The Hall–Kier alpha value is -1.59. The van der Waals surface area contributed by atoms with Crippen molar-refractivity contribution in [1.82, 2.24) is 0 Å². The monoisotopic (exact) mass is 299 g/mol. The molecule has 0 heterocycles. The molecule has 0 aliphatic carbocycles. The van der Waals surface area contributed by atoms with Crippen molar-refractivity contribution in [3.63, 3.8) is 0 Å². The number of hydrogen-bond acceptors (Lipinski definition) is 2. The molecule has 0 aromatic heterocycles. The molecule has 0 fully saturated rings. The van der Waals surface area contributed by atoms with Gasteiger partial charge in [0.2, 0.25) is 10.0 Å². The van der Waals surface area contributed by atoms with Crippen LogP contribution in [-0.4, -0.2) is 14.7 Å². The van der Waals surface area contributed by atoms with Crippen molar-refractivity contribution in [2.75, 3.05) is 11.0 Å². The molecule has 0 spiro atoms. The normalized spacial score (nSPS) is 11.3. The number of benzene rings is 2. The molecule has 0 aliphatic heterocycles. The molecular formula is C13H11ClFNO2S.